The van der Waals surface area contributed by atoms with Gasteiger partial charge in [0.05, 0.1) is 24.7 Å². The van der Waals surface area contributed by atoms with E-state index in [-0.39, 0.29) is 11.7 Å². The third-order valence-corrected chi connectivity index (χ3v) is 6.75. The lowest BCUT2D eigenvalue weighted by atomic mass is 10.1. The molecule has 3 aromatic heterocycles. The number of pyridine rings is 1. The quantitative estimate of drug-likeness (QED) is 0.443. The smallest absolute Gasteiger partial charge is 0.252 e. The summed E-state index contributed by atoms with van der Waals surface area (Å²) >= 11 is 1.71. The molecule has 0 amide bonds. The number of ether oxygens (including phenoxy) is 1. The number of tetrazole rings is 1. The molecule has 0 bridgehead atoms. The van der Waals surface area contributed by atoms with Crippen molar-refractivity contribution in [3.63, 3.8) is 0 Å². The van der Waals surface area contributed by atoms with Crippen LogP contribution in [-0.2, 0) is 30.9 Å². The van der Waals surface area contributed by atoms with Crippen LogP contribution in [-0.4, -0.2) is 42.8 Å². The van der Waals surface area contributed by atoms with Gasteiger partial charge in [-0.2, -0.15) is 0 Å². The van der Waals surface area contributed by atoms with E-state index in [2.05, 4.69) is 36.9 Å². The number of rotatable bonds is 8. The molecule has 1 atom stereocenters. The molecule has 1 N–H and O–H groups in total. The molecular weight excluding hydrogens is 424 g/mol. The van der Waals surface area contributed by atoms with Crippen molar-refractivity contribution in [2.24, 2.45) is 0 Å². The maximum atomic E-state index is 12.9. The van der Waals surface area contributed by atoms with Gasteiger partial charge >= 0.3 is 0 Å². The minimum atomic E-state index is -0.0538. The van der Waals surface area contributed by atoms with Gasteiger partial charge in [0, 0.05) is 30.1 Å². The van der Waals surface area contributed by atoms with E-state index in [1.54, 1.807) is 11.3 Å². The van der Waals surface area contributed by atoms with Gasteiger partial charge < -0.3 is 9.72 Å². The summed E-state index contributed by atoms with van der Waals surface area (Å²) in [6.07, 6.45) is 2.27. The molecule has 9 heteroatoms. The van der Waals surface area contributed by atoms with Gasteiger partial charge in [0.1, 0.15) is 0 Å². The van der Waals surface area contributed by atoms with Crippen molar-refractivity contribution < 1.29 is 4.74 Å². The normalized spacial score (nSPS) is 16.4. The van der Waals surface area contributed by atoms with E-state index in [0.717, 1.165) is 53.8 Å². The molecule has 1 saturated heterocycles. The Bertz CT molecular complexity index is 1240. The maximum Gasteiger partial charge on any atom is 0.252 e. The molecule has 1 aromatic carbocycles. The summed E-state index contributed by atoms with van der Waals surface area (Å²) < 4.78 is 7.60. The number of benzene rings is 1. The molecule has 1 fully saturated rings. The lowest BCUT2D eigenvalue weighted by molar-refractivity contribution is 0.0915. The van der Waals surface area contributed by atoms with E-state index in [9.17, 15) is 4.79 Å². The number of H-pyrrole nitrogens is 1. The lowest BCUT2D eigenvalue weighted by Crippen LogP contribution is -2.28. The molecule has 4 aromatic rings. The maximum absolute atomic E-state index is 12.9. The van der Waals surface area contributed by atoms with Crippen LogP contribution in [0.2, 0.25) is 0 Å². The second-order valence-corrected chi connectivity index (χ2v) is 9.33. The van der Waals surface area contributed by atoms with Crippen LogP contribution in [0.4, 0.5) is 0 Å². The van der Waals surface area contributed by atoms with Gasteiger partial charge in [-0.15, -0.1) is 16.4 Å². The fourth-order valence-electron chi connectivity index (χ4n) is 4.24. The second-order valence-electron chi connectivity index (χ2n) is 8.30. The van der Waals surface area contributed by atoms with Gasteiger partial charge in [0.15, 0.2) is 5.82 Å². The molecule has 0 aliphatic carbocycles. The van der Waals surface area contributed by atoms with Gasteiger partial charge in [-0.3, -0.25) is 9.69 Å². The van der Waals surface area contributed by atoms with Crippen molar-refractivity contribution in [1.82, 2.24) is 30.1 Å². The predicted molar refractivity (Wildman–Crippen MR) is 123 cm³/mol. The molecule has 32 heavy (non-hydrogen) atoms. The van der Waals surface area contributed by atoms with Crippen molar-refractivity contribution in [1.29, 1.82) is 0 Å². The number of aromatic nitrogens is 5. The largest absolute Gasteiger partial charge is 0.376 e. The van der Waals surface area contributed by atoms with Crippen molar-refractivity contribution in [2.45, 2.75) is 52.0 Å². The van der Waals surface area contributed by atoms with Crippen molar-refractivity contribution in [3.8, 4) is 0 Å². The molecule has 1 unspecified atom stereocenters. The van der Waals surface area contributed by atoms with Gasteiger partial charge in [0.25, 0.3) is 5.56 Å². The highest BCUT2D eigenvalue weighted by Crippen LogP contribution is 2.19. The molecule has 0 spiro atoms. The lowest BCUT2D eigenvalue weighted by Gasteiger charge is -2.21. The Morgan fingerprint density at radius 1 is 1.25 bits per heavy atom. The molecule has 4 heterocycles. The standard InChI is InChI=1S/C23H26N6O2S/c1-16-5-2-6-17-11-18(23(30)24-22(16)17)12-28(14-20-8-4-10-32-20)15-21-25-26-27-29(21)13-19-7-3-9-31-19/h2,4-6,8,10-11,19H,3,7,9,12-15H2,1H3,(H,24,30). The zero-order chi connectivity index (χ0) is 21.9. The molecule has 0 saturated carbocycles. The molecular formula is C23H26N6O2S. The monoisotopic (exact) mass is 450 g/mol. The second kappa shape index (κ2) is 9.32. The first-order chi connectivity index (χ1) is 15.7. The van der Waals surface area contributed by atoms with E-state index in [0.29, 0.717) is 19.6 Å². The first kappa shape index (κ1) is 21.0. The van der Waals surface area contributed by atoms with E-state index >= 15 is 0 Å². The average Bonchev–Trinajstić information content (AvgIpc) is 3.54. The van der Waals surface area contributed by atoms with Crippen molar-refractivity contribution in [3.05, 3.63) is 74.0 Å². The third kappa shape index (κ3) is 4.64. The van der Waals surface area contributed by atoms with Crippen LogP contribution in [0.3, 0.4) is 0 Å². The van der Waals surface area contributed by atoms with Crippen LogP contribution in [0.5, 0.6) is 0 Å². The minimum Gasteiger partial charge on any atom is -0.376 e. The Hall–Kier alpha value is -2.88. The van der Waals surface area contributed by atoms with E-state index in [1.807, 2.05) is 41.9 Å². The van der Waals surface area contributed by atoms with Crippen LogP contribution in [0.15, 0.2) is 46.6 Å². The fourth-order valence-corrected chi connectivity index (χ4v) is 4.98. The number of aromatic amines is 1. The zero-order valence-electron chi connectivity index (χ0n) is 18.0. The Morgan fingerprint density at radius 2 is 2.19 bits per heavy atom. The summed E-state index contributed by atoms with van der Waals surface area (Å²) in [5, 5.41) is 15.5. The Labute approximate surface area is 189 Å². The highest BCUT2D eigenvalue weighted by Gasteiger charge is 2.21. The molecule has 166 valence electrons. The van der Waals surface area contributed by atoms with Crippen molar-refractivity contribution in [2.75, 3.05) is 6.61 Å². The summed E-state index contributed by atoms with van der Waals surface area (Å²) in [6.45, 7) is 5.24. The number of aryl methyl sites for hydroxylation is 1. The summed E-state index contributed by atoms with van der Waals surface area (Å²) in [7, 11) is 0. The molecule has 1 aliphatic rings. The Kier molecular flexibility index (Phi) is 6.11. The number of nitrogens with one attached hydrogen (secondary N) is 1. The van der Waals surface area contributed by atoms with Crippen LogP contribution in [0.25, 0.3) is 10.9 Å². The number of nitrogens with zero attached hydrogens (tertiary/aromatic N) is 5. The van der Waals surface area contributed by atoms with Crippen LogP contribution in [0, 0.1) is 6.92 Å². The van der Waals surface area contributed by atoms with Crippen LogP contribution < -0.4 is 5.56 Å². The average molecular weight is 451 g/mol. The van der Waals surface area contributed by atoms with E-state index < -0.39 is 0 Å². The molecule has 0 radical (unpaired) electrons. The van der Waals surface area contributed by atoms with E-state index in [1.165, 1.54) is 4.88 Å². The number of fused-ring (bicyclic) bond motifs is 1. The Morgan fingerprint density at radius 3 is 3.00 bits per heavy atom. The predicted octanol–water partition coefficient (Wildman–Crippen LogP) is 3.27. The van der Waals surface area contributed by atoms with Crippen molar-refractivity contribution >= 4 is 22.2 Å². The summed E-state index contributed by atoms with van der Waals surface area (Å²) in [5.74, 6) is 0.783. The van der Waals surface area contributed by atoms with Crippen LogP contribution >= 0.6 is 11.3 Å². The van der Waals surface area contributed by atoms with E-state index in [4.69, 9.17) is 4.74 Å². The van der Waals surface area contributed by atoms with Gasteiger partial charge in [0.2, 0.25) is 0 Å². The first-order valence-electron chi connectivity index (χ1n) is 10.9. The minimum absolute atomic E-state index is 0.0538. The number of thiophene rings is 1. The van der Waals surface area contributed by atoms with Gasteiger partial charge in [-0.05, 0) is 58.7 Å². The van der Waals surface area contributed by atoms with Crippen LogP contribution in [0.1, 0.15) is 34.7 Å². The fraction of sp³-hybridized carbons (Fsp3) is 0.391. The summed E-state index contributed by atoms with van der Waals surface area (Å²) in [4.78, 5) is 19.4. The highest BCUT2D eigenvalue weighted by atomic mass is 32.1. The summed E-state index contributed by atoms with van der Waals surface area (Å²) in [6, 6.07) is 12.2. The van der Waals surface area contributed by atoms with Gasteiger partial charge in [-0.1, -0.05) is 24.3 Å². The number of hydrogen-bond acceptors (Lipinski definition) is 7. The van der Waals surface area contributed by atoms with Gasteiger partial charge in [-0.25, -0.2) is 4.68 Å². The molecule has 5 rings (SSSR count). The zero-order valence-corrected chi connectivity index (χ0v) is 18.8. The summed E-state index contributed by atoms with van der Waals surface area (Å²) in [5.41, 5.74) is 2.64. The third-order valence-electron chi connectivity index (χ3n) is 5.89. The highest BCUT2D eigenvalue weighted by molar-refractivity contribution is 7.09. The molecule has 1 aliphatic heterocycles. The number of para-hydroxylation sites is 1. The Balaban J connectivity index is 1.41. The SMILES string of the molecule is Cc1cccc2cc(CN(Cc3cccs3)Cc3nnnn3CC3CCCO3)c(=O)[nH]c12. The molecule has 8 nitrogen and oxygen atoms in total. The first-order valence-corrected chi connectivity index (χ1v) is 11.8. The number of hydrogen-bond donors (Lipinski definition) is 1. The topological polar surface area (TPSA) is 88.9 Å².